The number of aryl methyl sites for hydroxylation is 2. The molecule has 1 amide bonds. The van der Waals surface area contributed by atoms with Crippen LogP contribution < -0.4 is 16.0 Å². The fourth-order valence-electron chi connectivity index (χ4n) is 3.18. The number of furan rings is 1. The Morgan fingerprint density at radius 2 is 2.04 bits per heavy atom. The highest BCUT2D eigenvalue weighted by atomic mass is 16.3. The molecule has 2 rings (SSSR count). The van der Waals surface area contributed by atoms with Crippen LogP contribution in [-0.4, -0.2) is 56.0 Å². The van der Waals surface area contributed by atoms with Crippen molar-refractivity contribution in [3.63, 3.8) is 0 Å². The molecule has 1 saturated heterocycles. The van der Waals surface area contributed by atoms with E-state index >= 15 is 0 Å². The van der Waals surface area contributed by atoms with Gasteiger partial charge in [0.2, 0.25) is 5.91 Å². The molecular weight excluding hydrogens is 330 g/mol. The van der Waals surface area contributed by atoms with E-state index in [4.69, 9.17) is 4.42 Å². The first-order valence-electron chi connectivity index (χ1n) is 9.54. The van der Waals surface area contributed by atoms with Gasteiger partial charge in [-0.25, -0.2) is 0 Å². The summed E-state index contributed by atoms with van der Waals surface area (Å²) >= 11 is 0. The average molecular weight is 364 g/mol. The standard InChI is InChI=1S/C19H33N5O2/c1-5-8-21-18(25)13-24-9-6-17(7-10-24)23-19(20-4)22-12-16-11-14(2)26-15(16)3/h11,17H,5-10,12-13H2,1-4H3,(H,21,25)(H2,20,22,23). The van der Waals surface area contributed by atoms with Gasteiger partial charge in [-0.3, -0.25) is 14.7 Å². The van der Waals surface area contributed by atoms with Crippen LogP contribution in [0.4, 0.5) is 0 Å². The second-order valence-electron chi connectivity index (χ2n) is 6.91. The van der Waals surface area contributed by atoms with Gasteiger partial charge >= 0.3 is 0 Å². The van der Waals surface area contributed by atoms with Crippen molar-refractivity contribution >= 4 is 11.9 Å². The Kier molecular flexibility index (Phi) is 7.97. The third-order valence-electron chi connectivity index (χ3n) is 4.68. The molecule has 1 aromatic rings. The lowest BCUT2D eigenvalue weighted by Crippen LogP contribution is -2.50. The largest absolute Gasteiger partial charge is 0.466 e. The van der Waals surface area contributed by atoms with Crippen molar-refractivity contribution in [1.29, 1.82) is 0 Å². The molecule has 1 fully saturated rings. The van der Waals surface area contributed by atoms with Crippen LogP contribution in [0.5, 0.6) is 0 Å². The molecule has 0 aromatic carbocycles. The zero-order chi connectivity index (χ0) is 18.9. The Bertz CT molecular complexity index is 603. The van der Waals surface area contributed by atoms with Crippen LogP contribution in [0.2, 0.25) is 0 Å². The van der Waals surface area contributed by atoms with Crippen LogP contribution in [0.25, 0.3) is 0 Å². The van der Waals surface area contributed by atoms with Crippen LogP contribution in [0.15, 0.2) is 15.5 Å². The third-order valence-corrected chi connectivity index (χ3v) is 4.68. The summed E-state index contributed by atoms with van der Waals surface area (Å²) in [5, 5.41) is 9.78. The van der Waals surface area contributed by atoms with Crippen molar-refractivity contribution in [2.75, 3.05) is 33.2 Å². The molecule has 1 aromatic heterocycles. The highest BCUT2D eigenvalue weighted by molar-refractivity contribution is 5.80. The van der Waals surface area contributed by atoms with Gasteiger partial charge in [-0.2, -0.15) is 0 Å². The molecule has 3 N–H and O–H groups in total. The number of rotatable bonds is 7. The average Bonchev–Trinajstić information content (AvgIpc) is 2.95. The second kappa shape index (κ2) is 10.2. The van der Waals surface area contributed by atoms with Gasteiger partial charge in [0.15, 0.2) is 5.96 Å². The van der Waals surface area contributed by atoms with Crippen molar-refractivity contribution in [1.82, 2.24) is 20.9 Å². The van der Waals surface area contributed by atoms with Gasteiger partial charge in [-0.05, 0) is 39.2 Å². The van der Waals surface area contributed by atoms with Crippen LogP contribution in [0.1, 0.15) is 43.3 Å². The number of likely N-dealkylation sites (tertiary alicyclic amines) is 1. The van der Waals surface area contributed by atoms with Gasteiger partial charge in [0, 0.05) is 44.8 Å². The molecule has 26 heavy (non-hydrogen) atoms. The third kappa shape index (κ3) is 6.37. The van der Waals surface area contributed by atoms with E-state index in [1.165, 1.54) is 0 Å². The van der Waals surface area contributed by atoms with Gasteiger partial charge in [-0.1, -0.05) is 6.92 Å². The van der Waals surface area contributed by atoms with Gasteiger partial charge in [0.05, 0.1) is 6.54 Å². The lowest BCUT2D eigenvalue weighted by molar-refractivity contribution is -0.122. The fourth-order valence-corrected chi connectivity index (χ4v) is 3.18. The predicted molar refractivity (Wildman–Crippen MR) is 104 cm³/mol. The van der Waals surface area contributed by atoms with E-state index in [0.29, 0.717) is 19.1 Å². The Hall–Kier alpha value is -2.02. The minimum Gasteiger partial charge on any atom is -0.466 e. The number of hydrogen-bond acceptors (Lipinski definition) is 4. The van der Waals surface area contributed by atoms with Gasteiger partial charge in [0.1, 0.15) is 11.5 Å². The molecule has 0 atom stereocenters. The van der Waals surface area contributed by atoms with Gasteiger partial charge < -0.3 is 20.4 Å². The minimum atomic E-state index is 0.126. The molecule has 7 heteroatoms. The number of nitrogens with one attached hydrogen (secondary N) is 3. The SMILES string of the molecule is CCCNC(=O)CN1CCC(NC(=NC)NCc2cc(C)oc2C)CC1. The van der Waals surface area contributed by atoms with E-state index in [0.717, 1.165) is 61.9 Å². The molecule has 0 unspecified atom stereocenters. The summed E-state index contributed by atoms with van der Waals surface area (Å²) in [4.78, 5) is 18.4. The Labute approximate surface area is 156 Å². The summed E-state index contributed by atoms with van der Waals surface area (Å²) in [7, 11) is 1.79. The van der Waals surface area contributed by atoms with Crippen LogP contribution in [0.3, 0.4) is 0 Å². The maximum atomic E-state index is 11.8. The number of piperidine rings is 1. The van der Waals surface area contributed by atoms with Gasteiger partial charge in [0.25, 0.3) is 0 Å². The number of guanidine groups is 1. The highest BCUT2D eigenvalue weighted by Gasteiger charge is 2.21. The zero-order valence-electron chi connectivity index (χ0n) is 16.5. The maximum Gasteiger partial charge on any atom is 0.234 e. The van der Waals surface area contributed by atoms with E-state index in [2.05, 4.69) is 38.8 Å². The molecule has 0 radical (unpaired) electrons. The van der Waals surface area contributed by atoms with Gasteiger partial charge in [-0.15, -0.1) is 0 Å². The quantitative estimate of drug-likeness (QED) is 0.506. The molecule has 0 aliphatic carbocycles. The Morgan fingerprint density at radius 1 is 1.31 bits per heavy atom. The number of hydrogen-bond donors (Lipinski definition) is 3. The summed E-state index contributed by atoms with van der Waals surface area (Å²) in [6, 6.07) is 2.43. The number of carbonyl (C=O) groups excluding carboxylic acids is 1. The van der Waals surface area contributed by atoms with E-state index < -0.39 is 0 Å². The second-order valence-corrected chi connectivity index (χ2v) is 6.91. The topological polar surface area (TPSA) is 81.9 Å². The summed E-state index contributed by atoms with van der Waals surface area (Å²) < 4.78 is 5.56. The van der Waals surface area contributed by atoms with E-state index in [1.807, 2.05) is 13.8 Å². The maximum absolute atomic E-state index is 11.8. The minimum absolute atomic E-state index is 0.126. The molecule has 7 nitrogen and oxygen atoms in total. The van der Waals surface area contributed by atoms with Crippen molar-refractivity contribution in [2.24, 2.45) is 4.99 Å². The van der Waals surface area contributed by atoms with Crippen LogP contribution in [0, 0.1) is 13.8 Å². The lowest BCUT2D eigenvalue weighted by Gasteiger charge is -2.32. The normalized spacial score (nSPS) is 16.5. The molecule has 1 aliphatic rings. The smallest absolute Gasteiger partial charge is 0.234 e. The zero-order valence-corrected chi connectivity index (χ0v) is 16.5. The molecule has 2 heterocycles. The summed E-state index contributed by atoms with van der Waals surface area (Å²) in [6.07, 6.45) is 2.99. The van der Waals surface area contributed by atoms with Crippen molar-refractivity contribution in [3.8, 4) is 0 Å². The fraction of sp³-hybridized carbons (Fsp3) is 0.684. The number of amides is 1. The van der Waals surface area contributed by atoms with Crippen LogP contribution >= 0.6 is 0 Å². The summed E-state index contributed by atoms with van der Waals surface area (Å²) in [5.41, 5.74) is 1.15. The predicted octanol–water partition coefficient (Wildman–Crippen LogP) is 1.55. The van der Waals surface area contributed by atoms with E-state index in [9.17, 15) is 4.79 Å². The summed E-state index contributed by atoms with van der Waals surface area (Å²) in [5.74, 6) is 2.81. The van der Waals surface area contributed by atoms with Crippen LogP contribution in [-0.2, 0) is 11.3 Å². The van der Waals surface area contributed by atoms with Crippen molar-refractivity contribution in [3.05, 3.63) is 23.2 Å². The highest BCUT2D eigenvalue weighted by Crippen LogP contribution is 2.13. The van der Waals surface area contributed by atoms with Crippen molar-refractivity contribution < 1.29 is 9.21 Å². The number of aliphatic imine (C=N–C) groups is 1. The van der Waals surface area contributed by atoms with E-state index in [1.54, 1.807) is 7.05 Å². The van der Waals surface area contributed by atoms with E-state index in [-0.39, 0.29) is 5.91 Å². The number of carbonyl (C=O) groups is 1. The molecule has 0 saturated carbocycles. The number of nitrogens with zero attached hydrogens (tertiary/aromatic N) is 2. The summed E-state index contributed by atoms with van der Waals surface area (Å²) in [6.45, 7) is 9.80. The van der Waals surface area contributed by atoms with Crippen molar-refractivity contribution in [2.45, 2.75) is 52.6 Å². The monoisotopic (exact) mass is 363 g/mol. The molecule has 1 aliphatic heterocycles. The molecular formula is C19H33N5O2. The first-order valence-corrected chi connectivity index (χ1v) is 9.54. The molecule has 0 bridgehead atoms. The first kappa shape index (κ1) is 20.3. The first-order chi connectivity index (χ1) is 12.5. The molecule has 146 valence electrons. The Balaban J connectivity index is 1.71. The lowest BCUT2D eigenvalue weighted by atomic mass is 10.1. The molecule has 0 spiro atoms. The Morgan fingerprint density at radius 3 is 2.62 bits per heavy atom.